The maximum atomic E-state index is 13.9. The zero-order valence-corrected chi connectivity index (χ0v) is 15.8. The zero-order valence-electron chi connectivity index (χ0n) is 15.8. The van der Waals surface area contributed by atoms with Crippen LogP contribution in [0.4, 0.5) is 10.2 Å². The van der Waals surface area contributed by atoms with E-state index >= 15 is 0 Å². The van der Waals surface area contributed by atoms with Gasteiger partial charge < -0.3 is 4.90 Å². The fourth-order valence-corrected chi connectivity index (χ4v) is 3.24. The highest BCUT2D eigenvalue weighted by Crippen LogP contribution is 2.26. The van der Waals surface area contributed by atoms with Gasteiger partial charge in [0.2, 0.25) is 0 Å². The van der Waals surface area contributed by atoms with Crippen LogP contribution in [0, 0.1) is 19.7 Å². The Kier molecular flexibility index (Phi) is 4.93. The molecule has 0 spiro atoms. The lowest BCUT2D eigenvalue weighted by atomic mass is 10.2. The van der Waals surface area contributed by atoms with Gasteiger partial charge in [0.15, 0.2) is 0 Å². The first-order chi connectivity index (χ1) is 13.6. The average Bonchev–Trinajstić information content (AvgIpc) is 2.67. The summed E-state index contributed by atoms with van der Waals surface area (Å²) in [5, 5.41) is 0.669. The molecule has 0 amide bonds. The van der Waals surface area contributed by atoms with E-state index in [4.69, 9.17) is 0 Å². The highest BCUT2D eigenvalue weighted by Gasteiger charge is 2.16. The summed E-state index contributed by atoms with van der Waals surface area (Å²) in [5.41, 5.74) is 4.42. The molecule has 0 radical (unpaired) electrons. The third-order valence-electron chi connectivity index (χ3n) is 4.47. The Balaban J connectivity index is 1.79. The van der Waals surface area contributed by atoms with Crippen molar-refractivity contribution in [1.29, 1.82) is 0 Å². The monoisotopic (exact) mass is 373 g/mol. The molecule has 0 atom stereocenters. The molecule has 4 rings (SSSR count). The van der Waals surface area contributed by atoms with Gasteiger partial charge in [0.05, 0.1) is 30.0 Å². The normalized spacial score (nSPS) is 11.0. The molecule has 0 saturated carbocycles. The summed E-state index contributed by atoms with van der Waals surface area (Å²) < 4.78 is 13.9. The van der Waals surface area contributed by atoms with Crippen molar-refractivity contribution in [3.05, 3.63) is 89.5 Å². The molecule has 140 valence electrons. The Morgan fingerprint density at radius 1 is 0.821 bits per heavy atom. The number of fused-ring (bicyclic) bond motifs is 1. The van der Waals surface area contributed by atoms with Gasteiger partial charge in [-0.3, -0.25) is 9.97 Å². The van der Waals surface area contributed by atoms with Crippen molar-refractivity contribution in [2.45, 2.75) is 26.9 Å². The predicted octanol–water partition coefficient (Wildman–Crippen LogP) is 4.38. The Bertz CT molecular complexity index is 1080. The van der Waals surface area contributed by atoms with Gasteiger partial charge >= 0.3 is 0 Å². The maximum Gasteiger partial charge on any atom is 0.140 e. The van der Waals surface area contributed by atoms with Crippen LogP contribution in [0.5, 0.6) is 0 Å². The number of benzene rings is 1. The van der Waals surface area contributed by atoms with Gasteiger partial charge in [-0.1, -0.05) is 12.1 Å². The van der Waals surface area contributed by atoms with Crippen LogP contribution in [0.2, 0.25) is 0 Å². The van der Waals surface area contributed by atoms with E-state index in [-0.39, 0.29) is 5.82 Å². The molecule has 0 saturated heterocycles. The van der Waals surface area contributed by atoms with E-state index in [0.29, 0.717) is 29.8 Å². The molecule has 0 unspecified atom stereocenters. The largest absolute Gasteiger partial charge is 0.344 e. The Hall–Kier alpha value is -3.41. The lowest BCUT2D eigenvalue weighted by Gasteiger charge is -2.24. The number of hydrogen-bond donors (Lipinski definition) is 0. The van der Waals surface area contributed by atoms with Crippen LogP contribution in [-0.2, 0) is 13.1 Å². The minimum atomic E-state index is -0.314. The van der Waals surface area contributed by atoms with E-state index in [2.05, 4.69) is 24.8 Å². The number of hydrogen-bond acceptors (Lipinski definition) is 5. The first-order valence-electron chi connectivity index (χ1n) is 9.09. The molecule has 4 aromatic rings. The van der Waals surface area contributed by atoms with E-state index in [1.807, 2.05) is 50.2 Å². The first kappa shape index (κ1) is 18.0. The van der Waals surface area contributed by atoms with Crippen molar-refractivity contribution in [3.63, 3.8) is 0 Å². The van der Waals surface area contributed by atoms with Crippen molar-refractivity contribution in [3.8, 4) is 0 Å². The van der Waals surface area contributed by atoms with Gasteiger partial charge in [-0.25, -0.2) is 14.4 Å². The summed E-state index contributed by atoms with van der Waals surface area (Å²) in [6.45, 7) is 4.98. The van der Waals surface area contributed by atoms with Crippen LogP contribution in [0.3, 0.4) is 0 Å². The second-order valence-electron chi connectivity index (χ2n) is 6.76. The van der Waals surface area contributed by atoms with Gasteiger partial charge in [-0.2, -0.15) is 0 Å². The van der Waals surface area contributed by atoms with E-state index in [9.17, 15) is 4.39 Å². The molecule has 0 N–H and O–H groups in total. The Labute approximate surface area is 162 Å². The van der Waals surface area contributed by atoms with Crippen LogP contribution in [0.1, 0.15) is 22.8 Å². The Morgan fingerprint density at radius 3 is 2.07 bits per heavy atom. The fourth-order valence-electron chi connectivity index (χ4n) is 3.24. The van der Waals surface area contributed by atoms with E-state index in [0.717, 1.165) is 22.8 Å². The summed E-state index contributed by atoms with van der Waals surface area (Å²) in [4.78, 5) is 20.0. The van der Waals surface area contributed by atoms with Crippen LogP contribution < -0.4 is 4.90 Å². The number of halogens is 1. The second kappa shape index (κ2) is 7.68. The smallest absolute Gasteiger partial charge is 0.140 e. The summed E-state index contributed by atoms with van der Waals surface area (Å²) in [6.07, 6.45) is 1.51. The first-order valence-corrected chi connectivity index (χ1v) is 9.09. The summed E-state index contributed by atoms with van der Waals surface area (Å²) in [6, 6.07) is 16.4. The molecule has 0 fully saturated rings. The molecule has 0 aliphatic carbocycles. The van der Waals surface area contributed by atoms with Gasteiger partial charge in [-0.05, 0) is 56.3 Å². The Morgan fingerprint density at radius 2 is 1.46 bits per heavy atom. The number of anilines is 1. The molecule has 0 bridgehead atoms. The van der Waals surface area contributed by atoms with Crippen LogP contribution in [-0.4, -0.2) is 19.9 Å². The SMILES string of the molecule is Cc1cccc(CN(Cc2cccc(C)n2)c2ncnc3ccc(F)cc23)n1. The van der Waals surface area contributed by atoms with Crippen molar-refractivity contribution >= 4 is 16.7 Å². The lowest BCUT2D eigenvalue weighted by molar-refractivity contribution is 0.629. The lowest BCUT2D eigenvalue weighted by Crippen LogP contribution is -2.25. The topological polar surface area (TPSA) is 54.8 Å². The minimum Gasteiger partial charge on any atom is -0.344 e. The van der Waals surface area contributed by atoms with Gasteiger partial charge in [-0.15, -0.1) is 0 Å². The third kappa shape index (κ3) is 3.96. The third-order valence-corrected chi connectivity index (χ3v) is 4.47. The molecular formula is C22H20FN5. The summed E-state index contributed by atoms with van der Waals surface area (Å²) >= 11 is 0. The second-order valence-corrected chi connectivity index (χ2v) is 6.76. The molecule has 3 heterocycles. The number of aryl methyl sites for hydroxylation is 2. The van der Waals surface area contributed by atoms with Gasteiger partial charge in [0, 0.05) is 16.8 Å². The zero-order chi connectivity index (χ0) is 19.5. The standard InChI is InChI=1S/C22H20FN5/c1-15-5-3-7-18(26-15)12-28(13-19-8-4-6-16(2)27-19)22-20-11-17(23)9-10-21(20)24-14-25-22/h3-11,14H,12-13H2,1-2H3. The van der Waals surface area contributed by atoms with Gasteiger partial charge in [0.1, 0.15) is 18.0 Å². The summed E-state index contributed by atoms with van der Waals surface area (Å²) in [7, 11) is 0. The molecule has 6 heteroatoms. The number of pyridine rings is 2. The van der Waals surface area contributed by atoms with Crippen LogP contribution in [0.15, 0.2) is 60.9 Å². The molecule has 5 nitrogen and oxygen atoms in total. The molecule has 0 aliphatic heterocycles. The maximum absolute atomic E-state index is 13.9. The van der Waals surface area contributed by atoms with Crippen molar-refractivity contribution in [2.75, 3.05) is 4.90 Å². The fraction of sp³-hybridized carbons (Fsp3) is 0.182. The van der Waals surface area contributed by atoms with E-state index in [1.54, 1.807) is 6.07 Å². The summed E-state index contributed by atoms with van der Waals surface area (Å²) in [5.74, 6) is 0.349. The minimum absolute atomic E-state index is 0.314. The molecule has 28 heavy (non-hydrogen) atoms. The quantitative estimate of drug-likeness (QED) is 0.520. The van der Waals surface area contributed by atoms with Crippen LogP contribution >= 0.6 is 0 Å². The number of nitrogens with zero attached hydrogens (tertiary/aromatic N) is 5. The van der Waals surface area contributed by atoms with Crippen molar-refractivity contribution in [2.24, 2.45) is 0 Å². The van der Waals surface area contributed by atoms with Gasteiger partial charge in [0.25, 0.3) is 0 Å². The van der Waals surface area contributed by atoms with Crippen molar-refractivity contribution < 1.29 is 4.39 Å². The molecule has 1 aromatic carbocycles. The number of rotatable bonds is 5. The molecular weight excluding hydrogens is 353 g/mol. The molecule has 0 aliphatic rings. The highest BCUT2D eigenvalue weighted by molar-refractivity contribution is 5.89. The van der Waals surface area contributed by atoms with Crippen molar-refractivity contribution in [1.82, 2.24) is 19.9 Å². The van der Waals surface area contributed by atoms with Crippen LogP contribution in [0.25, 0.3) is 10.9 Å². The van der Waals surface area contributed by atoms with E-state index < -0.39 is 0 Å². The highest BCUT2D eigenvalue weighted by atomic mass is 19.1. The molecule has 3 aromatic heterocycles. The predicted molar refractivity (Wildman–Crippen MR) is 107 cm³/mol. The average molecular weight is 373 g/mol. The van der Waals surface area contributed by atoms with E-state index in [1.165, 1.54) is 18.5 Å². The number of aromatic nitrogens is 4.